The number of rotatable bonds is 4. The van der Waals surface area contributed by atoms with Gasteiger partial charge >= 0.3 is 0 Å². The molecule has 1 atom stereocenters. The Morgan fingerprint density at radius 3 is 2.65 bits per heavy atom. The largest absolute Gasteiger partial charge is 0.491 e. The average molecular weight is 285 g/mol. The van der Waals surface area contributed by atoms with E-state index in [0.717, 1.165) is 24.3 Å². The van der Waals surface area contributed by atoms with Crippen LogP contribution < -0.4 is 10.5 Å². The summed E-state index contributed by atoms with van der Waals surface area (Å²) in [7, 11) is 0. The molecule has 2 N–H and O–H groups in total. The Hall–Kier alpha value is -1.45. The zero-order valence-corrected chi connectivity index (χ0v) is 12.2. The van der Waals surface area contributed by atoms with E-state index in [2.05, 4.69) is 30.3 Å². The van der Waals surface area contributed by atoms with E-state index in [1.165, 1.54) is 10.5 Å². The van der Waals surface area contributed by atoms with Crippen LogP contribution in [-0.2, 0) is 6.42 Å². The molecule has 0 saturated heterocycles. The second kappa shape index (κ2) is 5.90. The molecule has 1 unspecified atom stereocenters. The summed E-state index contributed by atoms with van der Waals surface area (Å²) in [5.74, 6) is 2.01. The molecular formula is C17H19NOS. The number of fused-ring (bicyclic) bond motifs is 1. The molecule has 0 spiro atoms. The molecule has 104 valence electrons. The highest BCUT2D eigenvalue weighted by atomic mass is 32.2. The molecule has 1 heterocycles. The van der Waals surface area contributed by atoms with E-state index in [0.29, 0.717) is 6.61 Å². The van der Waals surface area contributed by atoms with E-state index in [1.54, 1.807) is 0 Å². The van der Waals surface area contributed by atoms with Crippen molar-refractivity contribution in [2.75, 3.05) is 12.4 Å². The van der Waals surface area contributed by atoms with E-state index >= 15 is 0 Å². The van der Waals surface area contributed by atoms with Gasteiger partial charge in [-0.05, 0) is 42.4 Å². The normalized spacial score (nSPS) is 21.1. The van der Waals surface area contributed by atoms with Gasteiger partial charge in [0.15, 0.2) is 0 Å². The summed E-state index contributed by atoms with van der Waals surface area (Å²) in [6.07, 6.45) is 1.86. The standard InChI is InChI=1S/C17H19NOS/c18-17(10-11-20-15-7-2-1-3-8-15)12-14-6-4-5-9-16(14)19-13-17/h1-9H,10-13,18H2. The molecule has 0 aliphatic carbocycles. The first-order valence-corrected chi connectivity index (χ1v) is 7.91. The van der Waals surface area contributed by atoms with Gasteiger partial charge in [-0.15, -0.1) is 11.8 Å². The van der Waals surface area contributed by atoms with Crippen LogP contribution in [0, 0.1) is 0 Å². The summed E-state index contributed by atoms with van der Waals surface area (Å²) in [4.78, 5) is 1.30. The van der Waals surface area contributed by atoms with Crippen molar-refractivity contribution in [3.8, 4) is 5.75 Å². The molecule has 0 saturated carbocycles. The molecular weight excluding hydrogens is 266 g/mol. The van der Waals surface area contributed by atoms with Crippen molar-refractivity contribution in [3.05, 3.63) is 60.2 Å². The minimum absolute atomic E-state index is 0.240. The number of hydrogen-bond donors (Lipinski definition) is 1. The monoisotopic (exact) mass is 285 g/mol. The quantitative estimate of drug-likeness (QED) is 0.873. The van der Waals surface area contributed by atoms with Crippen molar-refractivity contribution in [2.45, 2.75) is 23.3 Å². The topological polar surface area (TPSA) is 35.2 Å². The Labute approximate surface area is 124 Å². The van der Waals surface area contributed by atoms with E-state index in [9.17, 15) is 0 Å². The predicted molar refractivity (Wildman–Crippen MR) is 84.3 cm³/mol. The Morgan fingerprint density at radius 1 is 1.05 bits per heavy atom. The van der Waals surface area contributed by atoms with Crippen LogP contribution in [0.5, 0.6) is 5.75 Å². The second-order valence-corrected chi connectivity index (χ2v) is 6.52. The first kappa shape index (κ1) is 13.5. The Morgan fingerprint density at radius 2 is 1.80 bits per heavy atom. The van der Waals surface area contributed by atoms with E-state index < -0.39 is 0 Å². The SMILES string of the molecule is NC1(CCSc2ccccc2)COc2ccccc2C1. The second-order valence-electron chi connectivity index (χ2n) is 5.35. The molecule has 1 aliphatic rings. The fraction of sp³-hybridized carbons (Fsp3) is 0.294. The van der Waals surface area contributed by atoms with E-state index in [4.69, 9.17) is 10.5 Å². The van der Waals surface area contributed by atoms with Gasteiger partial charge in [-0.25, -0.2) is 0 Å². The molecule has 3 rings (SSSR count). The molecule has 0 radical (unpaired) electrons. The minimum Gasteiger partial charge on any atom is -0.491 e. The third-order valence-electron chi connectivity index (χ3n) is 3.64. The van der Waals surface area contributed by atoms with Gasteiger partial charge in [0.2, 0.25) is 0 Å². The zero-order valence-electron chi connectivity index (χ0n) is 11.4. The van der Waals surface area contributed by atoms with Crippen LogP contribution in [0.15, 0.2) is 59.5 Å². The van der Waals surface area contributed by atoms with Gasteiger partial charge in [0.05, 0.1) is 5.54 Å². The van der Waals surface area contributed by atoms with Gasteiger partial charge in [0.25, 0.3) is 0 Å². The fourth-order valence-electron chi connectivity index (χ4n) is 2.49. The lowest BCUT2D eigenvalue weighted by Crippen LogP contribution is -2.50. The smallest absolute Gasteiger partial charge is 0.122 e. The molecule has 0 fully saturated rings. The van der Waals surface area contributed by atoms with Gasteiger partial charge < -0.3 is 10.5 Å². The average Bonchev–Trinajstić information content (AvgIpc) is 2.48. The van der Waals surface area contributed by atoms with Gasteiger partial charge in [-0.1, -0.05) is 36.4 Å². The summed E-state index contributed by atoms with van der Waals surface area (Å²) in [5.41, 5.74) is 7.49. The third kappa shape index (κ3) is 3.17. The highest BCUT2D eigenvalue weighted by molar-refractivity contribution is 7.99. The molecule has 0 bridgehead atoms. The van der Waals surface area contributed by atoms with Gasteiger partial charge in [0.1, 0.15) is 12.4 Å². The van der Waals surface area contributed by atoms with Gasteiger partial charge in [0, 0.05) is 4.90 Å². The maximum absolute atomic E-state index is 6.50. The van der Waals surface area contributed by atoms with Crippen molar-refractivity contribution in [1.29, 1.82) is 0 Å². The van der Waals surface area contributed by atoms with Crippen LogP contribution in [-0.4, -0.2) is 17.9 Å². The van der Waals surface area contributed by atoms with Gasteiger partial charge in [-0.2, -0.15) is 0 Å². The summed E-state index contributed by atoms with van der Waals surface area (Å²) in [6.45, 7) is 0.610. The Kier molecular flexibility index (Phi) is 3.99. The Balaban J connectivity index is 1.58. The number of benzene rings is 2. The number of hydrogen-bond acceptors (Lipinski definition) is 3. The number of ether oxygens (including phenoxy) is 1. The molecule has 20 heavy (non-hydrogen) atoms. The molecule has 0 amide bonds. The van der Waals surface area contributed by atoms with Crippen molar-refractivity contribution in [2.24, 2.45) is 5.73 Å². The maximum Gasteiger partial charge on any atom is 0.122 e. The van der Waals surface area contributed by atoms with Crippen molar-refractivity contribution < 1.29 is 4.74 Å². The van der Waals surface area contributed by atoms with Gasteiger partial charge in [-0.3, -0.25) is 0 Å². The number of para-hydroxylation sites is 1. The highest BCUT2D eigenvalue weighted by Gasteiger charge is 2.31. The minimum atomic E-state index is -0.240. The molecule has 2 nitrogen and oxygen atoms in total. The lowest BCUT2D eigenvalue weighted by Gasteiger charge is -2.34. The van der Waals surface area contributed by atoms with Crippen molar-refractivity contribution in [3.63, 3.8) is 0 Å². The number of thioether (sulfide) groups is 1. The van der Waals surface area contributed by atoms with Crippen molar-refractivity contribution >= 4 is 11.8 Å². The fourth-order valence-corrected chi connectivity index (χ4v) is 3.59. The zero-order chi connectivity index (χ0) is 13.8. The van der Waals surface area contributed by atoms with Crippen LogP contribution in [0.25, 0.3) is 0 Å². The molecule has 2 aromatic carbocycles. The Bertz CT molecular complexity index is 572. The lowest BCUT2D eigenvalue weighted by atomic mass is 9.88. The molecule has 1 aliphatic heterocycles. The summed E-state index contributed by atoms with van der Waals surface area (Å²) < 4.78 is 5.81. The van der Waals surface area contributed by atoms with Crippen LogP contribution in [0.1, 0.15) is 12.0 Å². The third-order valence-corrected chi connectivity index (χ3v) is 4.66. The van der Waals surface area contributed by atoms with Crippen molar-refractivity contribution in [1.82, 2.24) is 0 Å². The first-order chi connectivity index (χ1) is 9.75. The van der Waals surface area contributed by atoms with Crippen LogP contribution in [0.4, 0.5) is 0 Å². The summed E-state index contributed by atoms with van der Waals surface area (Å²) >= 11 is 1.86. The van der Waals surface area contributed by atoms with Crippen LogP contribution in [0.3, 0.4) is 0 Å². The van der Waals surface area contributed by atoms with E-state index in [-0.39, 0.29) is 5.54 Å². The van der Waals surface area contributed by atoms with Crippen LogP contribution >= 0.6 is 11.8 Å². The van der Waals surface area contributed by atoms with Crippen LogP contribution in [0.2, 0.25) is 0 Å². The predicted octanol–water partition coefficient (Wildman–Crippen LogP) is 3.50. The highest BCUT2D eigenvalue weighted by Crippen LogP contribution is 2.31. The maximum atomic E-state index is 6.50. The summed E-state index contributed by atoms with van der Waals surface area (Å²) in [6, 6.07) is 18.6. The molecule has 2 aromatic rings. The van der Waals surface area contributed by atoms with E-state index in [1.807, 2.05) is 36.0 Å². The molecule has 3 heteroatoms. The summed E-state index contributed by atoms with van der Waals surface area (Å²) in [5, 5.41) is 0. The molecule has 0 aromatic heterocycles. The first-order valence-electron chi connectivity index (χ1n) is 6.93. The number of nitrogens with two attached hydrogens (primary N) is 1. The lowest BCUT2D eigenvalue weighted by molar-refractivity contribution is 0.187.